The average molecular weight is 318 g/mol. The summed E-state index contributed by atoms with van der Waals surface area (Å²) in [6, 6.07) is 12.7. The summed E-state index contributed by atoms with van der Waals surface area (Å²) in [4.78, 5) is 16.0. The summed E-state index contributed by atoms with van der Waals surface area (Å²) >= 11 is 3.24. The Morgan fingerprint density at radius 1 is 1.21 bits per heavy atom. The van der Waals surface area contributed by atoms with Gasteiger partial charge in [0.2, 0.25) is 5.78 Å². The molecule has 2 rings (SSSR count). The normalized spacial score (nSPS) is 10.6. The first kappa shape index (κ1) is 13.5. The van der Waals surface area contributed by atoms with Gasteiger partial charge in [-0.25, -0.2) is 4.98 Å². The van der Waals surface area contributed by atoms with Crippen LogP contribution in [-0.4, -0.2) is 17.9 Å². The summed E-state index contributed by atoms with van der Waals surface area (Å²) in [5, 5.41) is 0. The summed E-state index contributed by atoms with van der Waals surface area (Å²) in [5.41, 5.74) is 1.35. The maximum absolute atomic E-state index is 11.9. The van der Waals surface area contributed by atoms with Crippen molar-refractivity contribution in [2.24, 2.45) is 0 Å². The molecule has 1 aromatic carbocycles. The minimum absolute atomic E-state index is 0.128. The molecule has 0 amide bonds. The Hall–Kier alpha value is -1.94. The van der Waals surface area contributed by atoms with E-state index in [0.717, 1.165) is 11.3 Å². The Morgan fingerprint density at radius 2 is 1.95 bits per heavy atom. The van der Waals surface area contributed by atoms with Crippen LogP contribution in [0.1, 0.15) is 16.1 Å². The van der Waals surface area contributed by atoms with E-state index in [1.807, 2.05) is 24.3 Å². The van der Waals surface area contributed by atoms with Crippen LogP contribution in [0.15, 0.2) is 53.1 Å². The highest BCUT2D eigenvalue weighted by atomic mass is 79.9. The predicted octanol–water partition coefficient (Wildman–Crippen LogP) is 3.75. The molecule has 19 heavy (non-hydrogen) atoms. The Balaban J connectivity index is 2.11. The van der Waals surface area contributed by atoms with Crippen LogP contribution in [0.2, 0.25) is 0 Å². The number of carbonyl (C=O) groups excluding carboxylic acids is 1. The molecule has 2 aromatic rings. The first-order chi connectivity index (χ1) is 9.19. The molecule has 3 nitrogen and oxygen atoms in total. The number of rotatable bonds is 4. The van der Waals surface area contributed by atoms with Crippen molar-refractivity contribution < 1.29 is 9.53 Å². The van der Waals surface area contributed by atoms with Gasteiger partial charge in [0.15, 0.2) is 0 Å². The maximum atomic E-state index is 11.9. The van der Waals surface area contributed by atoms with Crippen LogP contribution in [0, 0.1) is 0 Å². The molecule has 0 N–H and O–H groups in total. The van der Waals surface area contributed by atoms with Crippen molar-refractivity contribution in [3.63, 3.8) is 0 Å². The third-order valence-electron chi connectivity index (χ3n) is 2.51. The van der Waals surface area contributed by atoms with Crippen molar-refractivity contribution in [2.45, 2.75) is 0 Å². The van der Waals surface area contributed by atoms with Crippen LogP contribution < -0.4 is 4.74 Å². The second-order valence-electron chi connectivity index (χ2n) is 3.82. The zero-order valence-electron chi connectivity index (χ0n) is 10.3. The molecular formula is C15H12BrNO2. The quantitative estimate of drug-likeness (QED) is 0.490. The first-order valence-corrected chi connectivity index (χ1v) is 6.47. The molecule has 0 unspecified atom stereocenters. The Morgan fingerprint density at radius 3 is 2.58 bits per heavy atom. The van der Waals surface area contributed by atoms with Crippen molar-refractivity contribution in [3.8, 4) is 5.75 Å². The van der Waals surface area contributed by atoms with E-state index in [2.05, 4.69) is 20.9 Å². The highest BCUT2D eigenvalue weighted by molar-refractivity contribution is 9.10. The summed E-state index contributed by atoms with van der Waals surface area (Å²) < 4.78 is 5.72. The molecule has 0 atom stereocenters. The van der Waals surface area contributed by atoms with Gasteiger partial charge in [0, 0.05) is 0 Å². The molecular weight excluding hydrogens is 306 g/mol. The smallest absolute Gasteiger partial charge is 0.204 e. The van der Waals surface area contributed by atoms with Gasteiger partial charge in [-0.2, -0.15) is 0 Å². The van der Waals surface area contributed by atoms with E-state index in [-0.39, 0.29) is 5.78 Å². The van der Waals surface area contributed by atoms with Gasteiger partial charge in [-0.1, -0.05) is 24.3 Å². The monoisotopic (exact) mass is 317 g/mol. The van der Waals surface area contributed by atoms with Gasteiger partial charge in [-0.3, -0.25) is 4.79 Å². The van der Waals surface area contributed by atoms with E-state index < -0.39 is 0 Å². The lowest BCUT2D eigenvalue weighted by Gasteiger charge is -1.99. The highest BCUT2D eigenvalue weighted by Gasteiger charge is 2.03. The number of hydrogen-bond donors (Lipinski definition) is 0. The fourth-order valence-corrected chi connectivity index (χ4v) is 1.86. The third kappa shape index (κ3) is 3.76. The molecule has 96 valence electrons. The minimum Gasteiger partial charge on any atom is -0.497 e. The number of aromatic nitrogens is 1. The Labute approximate surface area is 120 Å². The molecule has 1 heterocycles. The number of carbonyl (C=O) groups is 1. The molecule has 1 aromatic heterocycles. The second-order valence-corrected chi connectivity index (χ2v) is 4.63. The van der Waals surface area contributed by atoms with Gasteiger partial charge in [0.05, 0.1) is 7.11 Å². The SMILES string of the molecule is COc1ccc(C=CC(=O)c2cccc(Br)n2)cc1. The lowest BCUT2D eigenvalue weighted by molar-refractivity contribution is 0.104. The zero-order valence-corrected chi connectivity index (χ0v) is 11.9. The summed E-state index contributed by atoms with van der Waals surface area (Å²) in [6.45, 7) is 0. The Kier molecular flexibility index (Phi) is 4.47. The molecule has 0 aliphatic heterocycles. The van der Waals surface area contributed by atoms with Gasteiger partial charge in [-0.15, -0.1) is 0 Å². The fraction of sp³-hybridized carbons (Fsp3) is 0.0667. The van der Waals surface area contributed by atoms with Gasteiger partial charge in [0.1, 0.15) is 16.0 Å². The van der Waals surface area contributed by atoms with Gasteiger partial charge in [0.25, 0.3) is 0 Å². The number of hydrogen-bond acceptors (Lipinski definition) is 3. The molecule has 0 saturated carbocycles. The van der Waals surface area contributed by atoms with E-state index in [9.17, 15) is 4.79 Å². The maximum Gasteiger partial charge on any atom is 0.204 e. The largest absolute Gasteiger partial charge is 0.497 e. The molecule has 0 saturated heterocycles. The number of pyridine rings is 1. The number of ether oxygens (including phenoxy) is 1. The lowest BCUT2D eigenvalue weighted by Crippen LogP contribution is -1.97. The number of halogens is 1. The standard InChI is InChI=1S/C15H12BrNO2/c1-19-12-8-5-11(6-9-12)7-10-14(18)13-3-2-4-15(16)17-13/h2-10H,1H3. The van der Waals surface area contributed by atoms with Crippen LogP contribution in [0.3, 0.4) is 0 Å². The highest BCUT2D eigenvalue weighted by Crippen LogP contribution is 2.13. The third-order valence-corrected chi connectivity index (χ3v) is 2.95. The van der Waals surface area contributed by atoms with Gasteiger partial charge < -0.3 is 4.74 Å². The fourth-order valence-electron chi connectivity index (χ4n) is 1.52. The lowest BCUT2D eigenvalue weighted by atomic mass is 10.1. The average Bonchev–Trinajstić information content (AvgIpc) is 2.45. The van der Waals surface area contributed by atoms with Gasteiger partial charge >= 0.3 is 0 Å². The molecule has 0 radical (unpaired) electrons. The van der Waals surface area contributed by atoms with Crippen LogP contribution in [-0.2, 0) is 0 Å². The summed E-state index contributed by atoms with van der Waals surface area (Å²) in [5.74, 6) is 0.661. The van der Waals surface area contributed by atoms with Crippen LogP contribution >= 0.6 is 15.9 Å². The molecule has 0 bridgehead atoms. The summed E-state index contributed by atoms with van der Waals surface area (Å²) in [6.07, 6.45) is 3.26. The van der Waals surface area contributed by atoms with Crippen LogP contribution in [0.5, 0.6) is 5.75 Å². The predicted molar refractivity (Wildman–Crippen MR) is 78.3 cm³/mol. The van der Waals surface area contributed by atoms with Crippen molar-refractivity contribution in [1.82, 2.24) is 4.98 Å². The van der Waals surface area contributed by atoms with E-state index >= 15 is 0 Å². The summed E-state index contributed by atoms with van der Waals surface area (Å²) in [7, 11) is 1.62. The minimum atomic E-state index is -0.128. The van der Waals surface area contributed by atoms with Crippen molar-refractivity contribution >= 4 is 27.8 Å². The molecule has 4 heteroatoms. The number of nitrogens with zero attached hydrogens (tertiary/aromatic N) is 1. The van der Waals surface area contributed by atoms with E-state index in [4.69, 9.17) is 4.74 Å². The van der Waals surface area contributed by atoms with Crippen LogP contribution in [0.4, 0.5) is 0 Å². The zero-order chi connectivity index (χ0) is 13.7. The van der Waals surface area contributed by atoms with Crippen molar-refractivity contribution in [3.05, 3.63) is 64.4 Å². The first-order valence-electron chi connectivity index (χ1n) is 5.68. The van der Waals surface area contributed by atoms with Crippen molar-refractivity contribution in [2.75, 3.05) is 7.11 Å². The molecule has 0 aliphatic rings. The number of methoxy groups -OCH3 is 1. The second kappa shape index (κ2) is 6.29. The number of allylic oxidation sites excluding steroid dienone is 1. The number of benzene rings is 1. The van der Waals surface area contributed by atoms with Crippen molar-refractivity contribution in [1.29, 1.82) is 0 Å². The van der Waals surface area contributed by atoms with E-state index in [1.165, 1.54) is 6.08 Å². The topological polar surface area (TPSA) is 39.2 Å². The van der Waals surface area contributed by atoms with E-state index in [0.29, 0.717) is 10.3 Å². The molecule has 0 spiro atoms. The molecule has 0 fully saturated rings. The Bertz CT molecular complexity index is 606. The van der Waals surface area contributed by atoms with E-state index in [1.54, 1.807) is 31.4 Å². The van der Waals surface area contributed by atoms with Gasteiger partial charge in [-0.05, 0) is 51.8 Å². The molecule has 0 aliphatic carbocycles. The van der Waals surface area contributed by atoms with Crippen LogP contribution in [0.25, 0.3) is 6.08 Å². The number of ketones is 1.